The average Bonchev–Trinajstić information content (AvgIpc) is 2.85. The zero-order chi connectivity index (χ0) is 29.8. The first-order valence-corrected chi connectivity index (χ1v) is 13.6. The highest BCUT2D eigenvalue weighted by Crippen LogP contribution is 2.23. The maximum absolute atomic E-state index is 13.3. The number of amides is 1. The Hall–Kier alpha value is -3.23. The number of ether oxygens (including phenoxy) is 2. The Labute approximate surface area is 232 Å². The second-order valence-corrected chi connectivity index (χ2v) is 11.4. The predicted molar refractivity (Wildman–Crippen MR) is 146 cm³/mol. The molecule has 39 heavy (non-hydrogen) atoms. The smallest absolute Gasteiger partial charge is 0.307 e. The van der Waals surface area contributed by atoms with Crippen LogP contribution < -0.4 is 5.32 Å². The molecule has 1 rings (SSSR count). The SMILES string of the molecule is CCC(C)[C@H](CC(=O)[C@H](CCC(=O)OC(C)(C)C)NC(=O)[C@@H](CC(=O)OCc1ccccc1)C(C)C)C(=O)O. The van der Waals surface area contributed by atoms with E-state index in [9.17, 15) is 29.1 Å². The van der Waals surface area contributed by atoms with E-state index in [2.05, 4.69) is 5.32 Å². The van der Waals surface area contributed by atoms with Crippen LogP contribution in [-0.4, -0.2) is 46.3 Å². The summed E-state index contributed by atoms with van der Waals surface area (Å²) >= 11 is 0. The van der Waals surface area contributed by atoms with E-state index >= 15 is 0 Å². The summed E-state index contributed by atoms with van der Waals surface area (Å²) in [5.41, 5.74) is 0.103. The summed E-state index contributed by atoms with van der Waals surface area (Å²) in [5, 5.41) is 12.4. The largest absolute Gasteiger partial charge is 0.481 e. The third kappa shape index (κ3) is 12.9. The van der Waals surface area contributed by atoms with Gasteiger partial charge in [-0.25, -0.2) is 0 Å². The summed E-state index contributed by atoms with van der Waals surface area (Å²) in [7, 11) is 0. The molecule has 1 amide bonds. The number of carbonyl (C=O) groups is 5. The topological polar surface area (TPSA) is 136 Å². The first kappa shape index (κ1) is 33.8. The van der Waals surface area contributed by atoms with Crippen molar-refractivity contribution in [1.29, 1.82) is 0 Å². The average molecular weight is 548 g/mol. The molecule has 0 saturated carbocycles. The van der Waals surface area contributed by atoms with Crippen LogP contribution >= 0.6 is 0 Å². The molecule has 0 aliphatic rings. The highest BCUT2D eigenvalue weighted by Gasteiger charge is 2.33. The number of benzene rings is 1. The van der Waals surface area contributed by atoms with E-state index < -0.39 is 53.1 Å². The van der Waals surface area contributed by atoms with Crippen molar-refractivity contribution in [2.45, 2.75) is 98.8 Å². The molecular formula is C30H45NO8. The quantitative estimate of drug-likeness (QED) is 0.284. The Morgan fingerprint density at radius 3 is 2.05 bits per heavy atom. The summed E-state index contributed by atoms with van der Waals surface area (Å²) < 4.78 is 10.7. The molecule has 9 heteroatoms. The molecule has 0 aromatic heterocycles. The molecule has 9 nitrogen and oxygen atoms in total. The molecule has 0 saturated heterocycles. The van der Waals surface area contributed by atoms with Crippen LogP contribution in [0, 0.1) is 23.7 Å². The fourth-order valence-corrected chi connectivity index (χ4v) is 4.03. The predicted octanol–water partition coefficient (Wildman–Crippen LogP) is 4.70. The molecule has 1 aromatic carbocycles. The molecule has 0 radical (unpaired) electrons. The fraction of sp³-hybridized carbons (Fsp3) is 0.633. The normalized spacial score (nSPS) is 14.6. The van der Waals surface area contributed by atoms with Crippen LogP contribution in [0.25, 0.3) is 0 Å². The molecule has 0 bridgehead atoms. The van der Waals surface area contributed by atoms with E-state index in [-0.39, 0.29) is 44.1 Å². The lowest BCUT2D eigenvalue weighted by molar-refractivity contribution is -0.155. The minimum atomic E-state index is -1.10. The van der Waals surface area contributed by atoms with Gasteiger partial charge in [-0.1, -0.05) is 64.4 Å². The summed E-state index contributed by atoms with van der Waals surface area (Å²) in [5.74, 6) is -5.38. The minimum absolute atomic E-state index is 0.0460. The van der Waals surface area contributed by atoms with Gasteiger partial charge in [-0.2, -0.15) is 0 Å². The number of ketones is 1. The Morgan fingerprint density at radius 2 is 1.54 bits per heavy atom. The van der Waals surface area contributed by atoms with Crippen LogP contribution in [0.15, 0.2) is 30.3 Å². The fourth-order valence-electron chi connectivity index (χ4n) is 4.03. The molecule has 0 fully saturated rings. The molecule has 1 aromatic rings. The Morgan fingerprint density at radius 1 is 0.923 bits per heavy atom. The number of esters is 2. The van der Waals surface area contributed by atoms with E-state index in [0.29, 0.717) is 6.42 Å². The van der Waals surface area contributed by atoms with Gasteiger partial charge in [-0.15, -0.1) is 0 Å². The van der Waals surface area contributed by atoms with Gasteiger partial charge in [-0.05, 0) is 44.6 Å². The second-order valence-electron chi connectivity index (χ2n) is 11.4. The number of rotatable bonds is 16. The van der Waals surface area contributed by atoms with Gasteiger partial charge in [-0.3, -0.25) is 24.0 Å². The van der Waals surface area contributed by atoms with E-state index in [0.717, 1.165) is 5.56 Å². The van der Waals surface area contributed by atoms with Gasteiger partial charge >= 0.3 is 17.9 Å². The van der Waals surface area contributed by atoms with Gasteiger partial charge in [0, 0.05) is 12.8 Å². The molecule has 0 aliphatic carbocycles. The monoisotopic (exact) mass is 547 g/mol. The Kier molecular flexibility index (Phi) is 13.9. The van der Waals surface area contributed by atoms with Crippen molar-refractivity contribution in [2.75, 3.05) is 0 Å². The van der Waals surface area contributed by atoms with Crippen molar-refractivity contribution in [3.63, 3.8) is 0 Å². The van der Waals surface area contributed by atoms with Crippen molar-refractivity contribution in [1.82, 2.24) is 5.32 Å². The Balaban J connectivity index is 3.00. The highest BCUT2D eigenvalue weighted by molar-refractivity contribution is 5.93. The maximum atomic E-state index is 13.3. The van der Waals surface area contributed by atoms with Gasteiger partial charge in [0.1, 0.15) is 12.2 Å². The van der Waals surface area contributed by atoms with Gasteiger partial charge in [0.2, 0.25) is 5.91 Å². The molecule has 1 unspecified atom stereocenters. The van der Waals surface area contributed by atoms with Crippen LogP contribution in [0.3, 0.4) is 0 Å². The molecule has 0 heterocycles. The first-order valence-electron chi connectivity index (χ1n) is 13.6. The standard InChI is InChI=1S/C30H45NO8/c1-8-20(4)23(29(36)37)16-25(32)24(14-15-26(33)39-30(5,6)7)31-28(35)22(19(2)3)17-27(34)38-18-21-12-10-9-11-13-21/h9-13,19-20,22-24H,8,14-18H2,1-7H3,(H,31,35)(H,36,37)/t20?,22-,23-,24-/m0/s1. The van der Waals surface area contributed by atoms with Gasteiger partial charge in [0.05, 0.1) is 24.3 Å². The third-order valence-corrected chi connectivity index (χ3v) is 6.60. The van der Waals surface area contributed by atoms with Gasteiger partial charge in [0.15, 0.2) is 5.78 Å². The van der Waals surface area contributed by atoms with E-state index in [1.54, 1.807) is 41.5 Å². The zero-order valence-electron chi connectivity index (χ0n) is 24.3. The lowest BCUT2D eigenvalue weighted by atomic mass is 9.85. The van der Waals surface area contributed by atoms with Crippen molar-refractivity contribution >= 4 is 29.6 Å². The van der Waals surface area contributed by atoms with Crippen LogP contribution in [0.5, 0.6) is 0 Å². The molecule has 0 aliphatic heterocycles. The molecule has 218 valence electrons. The first-order chi connectivity index (χ1) is 18.1. The Bertz CT molecular complexity index is 967. The van der Waals surface area contributed by atoms with Gasteiger partial charge < -0.3 is 19.9 Å². The minimum Gasteiger partial charge on any atom is -0.481 e. The van der Waals surface area contributed by atoms with Crippen molar-refractivity contribution in [3.8, 4) is 0 Å². The number of carboxylic acids is 1. The molecule has 4 atom stereocenters. The second kappa shape index (κ2) is 16.0. The number of carbonyl (C=O) groups excluding carboxylic acids is 4. The number of Topliss-reactive ketones (excluding diaryl/α,β-unsaturated/α-hetero) is 1. The van der Waals surface area contributed by atoms with E-state index in [1.807, 2.05) is 37.3 Å². The van der Waals surface area contributed by atoms with Gasteiger partial charge in [0.25, 0.3) is 0 Å². The maximum Gasteiger partial charge on any atom is 0.307 e. The highest BCUT2D eigenvalue weighted by atomic mass is 16.6. The van der Waals surface area contributed by atoms with Crippen molar-refractivity contribution in [2.24, 2.45) is 23.7 Å². The number of nitrogens with one attached hydrogen (secondary N) is 1. The van der Waals surface area contributed by atoms with E-state index in [4.69, 9.17) is 9.47 Å². The van der Waals surface area contributed by atoms with Crippen LogP contribution in [-0.2, 0) is 40.1 Å². The molecule has 2 N–H and O–H groups in total. The number of hydrogen-bond acceptors (Lipinski definition) is 7. The lowest BCUT2D eigenvalue weighted by Crippen LogP contribution is -2.46. The summed E-state index contributed by atoms with van der Waals surface area (Å²) in [6.45, 7) is 12.4. The third-order valence-electron chi connectivity index (χ3n) is 6.60. The zero-order valence-corrected chi connectivity index (χ0v) is 24.3. The summed E-state index contributed by atoms with van der Waals surface area (Å²) in [6.07, 6.45) is -0.0845. The number of aliphatic carboxylic acids is 1. The van der Waals surface area contributed by atoms with Crippen molar-refractivity contribution < 1.29 is 38.6 Å². The lowest BCUT2D eigenvalue weighted by Gasteiger charge is -2.26. The summed E-state index contributed by atoms with van der Waals surface area (Å²) in [4.78, 5) is 63.2. The van der Waals surface area contributed by atoms with Crippen molar-refractivity contribution in [3.05, 3.63) is 35.9 Å². The molecular weight excluding hydrogens is 502 g/mol. The van der Waals surface area contributed by atoms with Crippen LogP contribution in [0.2, 0.25) is 0 Å². The van der Waals surface area contributed by atoms with E-state index in [1.165, 1.54) is 0 Å². The number of hydrogen-bond donors (Lipinski definition) is 2. The van der Waals surface area contributed by atoms with Crippen LogP contribution in [0.1, 0.15) is 86.1 Å². The molecule has 0 spiro atoms. The van der Waals surface area contributed by atoms with Crippen LogP contribution in [0.4, 0.5) is 0 Å². The number of carboxylic acid groups (broad SMARTS) is 1. The summed E-state index contributed by atoms with van der Waals surface area (Å²) in [6, 6.07) is 8.07.